The number of aliphatic hydroxyl groups is 6. The van der Waals surface area contributed by atoms with E-state index in [1.807, 2.05) is 13.8 Å². The Morgan fingerprint density at radius 1 is 0.737 bits per heavy atom. The topological polar surface area (TPSA) is 121 Å². The Bertz CT molecular complexity index is 227. The van der Waals surface area contributed by atoms with Crippen LogP contribution in [0.15, 0.2) is 0 Å². The fourth-order valence-corrected chi connectivity index (χ4v) is 4.05. The van der Waals surface area contributed by atoms with Crippen molar-refractivity contribution in [1.82, 2.24) is 0 Å². The Morgan fingerprint density at radius 3 is 1.53 bits per heavy atom. The number of hydrogen-bond acceptors (Lipinski definition) is 8. The van der Waals surface area contributed by atoms with E-state index in [4.69, 9.17) is 5.11 Å². The monoisotopic (exact) mass is 316 g/mol. The van der Waals surface area contributed by atoms with Crippen molar-refractivity contribution in [3.63, 3.8) is 0 Å². The summed E-state index contributed by atoms with van der Waals surface area (Å²) < 4.78 is -0.335. The quantitative estimate of drug-likeness (QED) is 0.273. The summed E-state index contributed by atoms with van der Waals surface area (Å²) in [5, 5.41) is 56.9. The third-order valence-electron chi connectivity index (χ3n) is 2.57. The molecule has 0 rings (SSSR count). The summed E-state index contributed by atoms with van der Waals surface area (Å²) in [4.78, 5) is 0. The standard InChI is InChI=1S/C11H24O6S2/c1-3-18-11(19-4-2)10(17)9(16)8(15)7(14)6(13)5-12/h6-17H,3-5H2,1-2H3. The first-order valence-corrected chi connectivity index (χ1v) is 8.24. The minimum Gasteiger partial charge on any atom is -0.394 e. The molecule has 0 saturated carbocycles. The van der Waals surface area contributed by atoms with Crippen molar-refractivity contribution in [3.8, 4) is 0 Å². The molecule has 0 aliphatic heterocycles. The Labute approximate surface area is 121 Å². The van der Waals surface area contributed by atoms with Gasteiger partial charge in [-0.1, -0.05) is 13.8 Å². The molecular weight excluding hydrogens is 292 g/mol. The van der Waals surface area contributed by atoms with Crippen molar-refractivity contribution in [3.05, 3.63) is 0 Å². The van der Waals surface area contributed by atoms with E-state index in [1.54, 1.807) is 0 Å². The third kappa shape index (κ3) is 6.17. The average Bonchev–Trinajstić information content (AvgIpc) is 2.42. The van der Waals surface area contributed by atoms with Crippen LogP contribution in [0.2, 0.25) is 0 Å². The van der Waals surface area contributed by atoms with Gasteiger partial charge in [-0.15, -0.1) is 23.5 Å². The van der Waals surface area contributed by atoms with Crippen molar-refractivity contribution >= 4 is 23.5 Å². The molecule has 0 bridgehead atoms. The Kier molecular flexibility index (Phi) is 10.5. The van der Waals surface area contributed by atoms with Crippen molar-refractivity contribution in [2.75, 3.05) is 18.1 Å². The summed E-state index contributed by atoms with van der Waals surface area (Å²) in [6.45, 7) is 3.08. The van der Waals surface area contributed by atoms with Gasteiger partial charge in [0.05, 0.1) is 11.2 Å². The van der Waals surface area contributed by atoms with E-state index in [0.717, 1.165) is 11.5 Å². The molecule has 5 unspecified atom stereocenters. The molecule has 19 heavy (non-hydrogen) atoms. The van der Waals surface area contributed by atoms with Gasteiger partial charge in [0.15, 0.2) is 0 Å². The largest absolute Gasteiger partial charge is 0.394 e. The highest BCUT2D eigenvalue weighted by Gasteiger charge is 2.37. The van der Waals surface area contributed by atoms with Crippen LogP contribution in [0.1, 0.15) is 13.8 Å². The summed E-state index contributed by atoms with van der Waals surface area (Å²) >= 11 is 2.86. The normalized spacial score (nSPS) is 20.1. The number of aliphatic hydroxyl groups excluding tert-OH is 6. The van der Waals surface area contributed by atoms with Crippen LogP contribution in [0, 0.1) is 0 Å². The summed E-state index contributed by atoms with van der Waals surface area (Å²) in [6.07, 6.45) is -7.85. The van der Waals surface area contributed by atoms with Gasteiger partial charge in [0.25, 0.3) is 0 Å². The van der Waals surface area contributed by atoms with Gasteiger partial charge < -0.3 is 30.6 Å². The maximum atomic E-state index is 10.0. The Balaban J connectivity index is 4.62. The molecule has 0 amide bonds. The van der Waals surface area contributed by atoms with Gasteiger partial charge in [-0.05, 0) is 11.5 Å². The predicted octanol–water partition coefficient (Wildman–Crippen LogP) is -1.38. The van der Waals surface area contributed by atoms with Crippen LogP contribution >= 0.6 is 23.5 Å². The molecule has 8 heteroatoms. The van der Waals surface area contributed by atoms with E-state index in [0.29, 0.717) is 0 Å². The highest BCUT2D eigenvalue weighted by atomic mass is 32.2. The zero-order valence-electron chi connectivity index (χ0n) is 11.1. The van der Waals surface area contributed by atoms with E-state index < -0.39 is 37.1 Å². The first-order chi connectivity index (χ1) is 8.90. The van der Waals surface area contributed by atoms with Crippen LogP contribution in [-0.2, 0) is 0 Å². The van der Waals surface area contributed by atoms with Crippen molar-refractivity contribution < 1.29 is 30.6 Å². The highest BCUT2D eigenvalue weighted by Crippen LogP contribution is 2.29. The summed E-state index contributed by atoms with van der Waals surface area (Å²) in [5.41, 5.74) is 0. The van der Waals surface area contributed by atoms with Crippen LogP contribution in [0.4, 0.5) is 0 Å². The lowest BCUT2D eigenvalue weighted by Gasteiger charge is -2.31. The first-order valence-electron chi connectivity index (χ1n) is 6.15. The predicted molar refractivity (Wildman–Crippen MR) is 77.2 cm³/mol. The Hall–Kier alpha value is 0.460. The van der Waals surface area contributed by atoms with E-state index in [9.17, 15) is 25.5 Å². The molecule has 0 aliphatic carbocycles. The summed E-state index contributed by atoms with van der Waals surface area (Å²) in [7, 11) is 0. The number of thioether (sulfide) groups is 2. The molecule has 6 nitrogen and oxygen atoms in total. The number of rotatable bonds is 10. The molecule has 0 aliphatic rings. The van der Waals surface area contributed by atoms with Crippen LogP contribution in [0.5, 0.6) is 0 Å². The fourth-order valence-electron chi connectivity index (χ4n) is 1.47. The molecule has 0 aromatic heterocycles. The van der Waals surface area contributed by atoms with Crippen molar-refractivity contribution in [2.24, 2.45) is 0 Å². The van der Waals surface area contributed by atoms with E-state index in [-0.39, 0.29) is 4.58 Å². The van der Waals surface area contributed by atoms with Crippen molar-refractivity contribution in [2.45, 2.75) is 48.9 Å². The Morgan fingerprint density at radius 2 is 1.16 bits per heavy atom. The van der Waals surface area contributed by atoms with Crippen LogP contribution in [0.25, 0.3) is 0 Å². The molecule has 0 radical (unpaired) electrons. The summed E-state index contributed by atoms with van der Waals surface area (Å²) in [6, 6.07) is 0. The maximum absolute atomic E-state index is 10.0. The number of hydrogen-bond donors (Lipinski definition) is 6. The smallest absolute Gasteiger partial charge is 0.111 e. The minimum absolute atomic E-state index is 0.335. The molecule has 6 N–H and O–H groups in total. The van der Waals surface area contributed by atoms with Crippen LogP contribution < -0.4 is 0 Å². The van der Waals surface area contributed by atoms with E-state index in [1.165, 1.54) is 23.5 Å². The van der Waals surface area contributed by atoms with E-state index >= 15 is 0 Å². The highest BCUT2D eigenvalue weighted by molar-refractivity contribution is 8.17. The van der Waals surface area contributed by atoms with Gasteiger partial charge in [0, 0.05) is 0 Å². The molecule has 0 aromatic rings. The molecule has 0 saturated heterocycles. The third-order valence-corrected chi connectivity index (χ3v) is 5.27. The molecule has 0 heterocycles. The molecule has 0 spiro atoms. The van der Waals surface area contributed by atoms with Gasteiger partial charge in [-0.25, -0.2) is 0 Å². The van der Waals surface area contributed by atoms with E-state index in [2.05, 4.69) is 0 Å². The lowest BCUT2D eigenvalue weighted by molar-refractivity contribution is -0.137. The second kappa shape index (κ2) is 10.2. The van der Waals surface area contributed by atoms with Gasteiger partial charge in [0.2, 0.25) is 0 Å². The average molecular weight is 316 g/mol. The molecule has 116 valence electrons. The summed E-state index contributed by atoms with van der Waals surface area (Å²) in [5.74, 6) is 1.47. The van der Waals surface area contributed by atoms with Gasteiger partial charge >= 0.3 is 0 Å². The maximum Gasteiger partial charge on any atom is 0.111 e. The second-order valence-corrected chi connectivity index (χ2v) is 7.13. The van der Waals surface area contributed by atoms with Crippen molar-refractivity contribution in [1.29, 1.82) is 0 Å². The van der Waals surface area contributed by atoms with Gasteiger partial charge in [0.1, 0.15) is 30.5 Å². The zero-order valence-corrected chi connectivity index (χ0v) is 12.7. The molecule has 5 atom stereocenters. The minimum atomic E-state index is -1.73. The first kappa shape index (κ1) is 19.5. The molecule has 0 fully saturated rings. The SMILES string of the molecule is CCSC(SCC)C(O)C(O)C(O)C(O)C(O)CO. The lowest BCUT2D eigenvalue weighted by atomic mass is 10.0. The van der Waals surface area contributed by atoms with Crippen LogP contribution in [0.3, 0.4) is 0 Å². The molecular formula is C11H24O6S2. The molecule has 0 aromatic carbocycles. The zero-order chi connectivity index (χ0) is 15.0. The second-order valence-electron chi connectivity index (χ2n) is 3.99. The van der Waals surface area contributed by atoms with Gasteiger partial charge in [-0.3, -0.25) is 0 Å². The lowest BCUT2D eigenvalue weighted by Crippen LogP contribution is -2.52. The fraction of sp³-hybridized carbons (Fsp3) is 1.00. The van der Waals surface area contributed by atoms with Gasteiger partial charge in [-0.2, -0.15) is 0 Å². The van der Waals surface area contributed by atoms with Crippen LogP contribution in [-0.4, -0.2) is 83.9 Å².